The van der Waals surface area contributed by atoms with E-state index in [0.717, 1.165) is 11.8 Å². The summed E-state index contributed by atoms with van der Waals surface area (Å²) in [4.78, 5) is 7.27. The zero-order chi connectivity index (χ0) is 13.0. The molecule has 1 N–H and O–H groups in total. The van der Waals surface area contributed by atoms with Crippen LogP contribution in [0.5, 0.6) is 0 Å². The molecule has 1 heterocycles. The van der Waals surface area contributed by atoms with E-state index in [-0.39, 0.29) is 11.1 Å². The fourth-order valence-corrected chi connectivity index (χ4v) is 1.50. The molecule has 18 heavy (non-hydrogen) atoms. The largest absolute Gasteiger partial charge is 0.338 e. The van der Waals surface area contributed by atoms with Gasteiger partial charge in [0.15, 0.2) is 11.6 Å². The van der Waals surface area contributed by atoms with E-state index in [1.54, 1.807) is 24.3 Å². The highest BCUT2D eigenvalue weighted by molar-refractivity contribution is 6.28. The second-order valence-corrected chi connectivity index (χ2v) is 3.83. The molecule has 2 rings (SSSR count). The Bertz CT molecular complexity index is 592. The van der Waals surface area contributed by atoms with Gasteiger partial charge in [-0.15, -0.1) is 0 Å². The van der Waals surface area contributed by atoms with Crippen LogP contribution in [0.25, 0.3) is 0 Å². The van der Waals surface area contributed by atoms with Crippen molar-refractivity contribution in [2.24, 2.45) is 0 Å². The molecular formula is C12H8ClFN4. The van der Waals surface area contributed by atoms with Gasteiger partial charge in [0, 0.05) is 5.69 Å². The number of hydrogen-bond donors (Lipinski definition) is 1. The van der Waals surface area contributed by atoms with Gasteiger partial charge in [-0.3, -0.25) is 0 Å². The fraction of sp³-hybridized carbons (Fsp3) is 0.0833. The molecule has 0 unspecified atom stereocenters. The third-order valence-electron chi connectivity index (χ3n) is 2.21. The first kappa shape index (κ1) is 12.3. The number of nitrogens with one attached hydrogen (secondary N) is 1. The maximum absolute atomic E-state index is 13.4. The molecule has 0 bridgehead atoms. The van der Waals surface area contributed by atoms with Gasteiger partial charge in [-0.2, -0.15) is 10.2 Å². The third kappa shape index (κ3) is 2.93. The highest BCUT2D eigenvalue weighted by Crippen LogP contribution is 2.19. The molecule has 6 heteroatoms. The molecule has 0 atom stereocenters. The lowest BCUT2D eigenvalue weighted by Crippen LogP contribution is -1.98. The van der Waals surface area contributed by atoms with Crippen LogP contribution in [0.1, 0.15) is 5.56 Å². The molecular weight excluding hydrogens is 255 g/mol. The van der Waals surface area contributed by atoms with Gasteiger partial charge in [0.05, 0.1) is 18.7 Å². The minimum atomic E-state index is -0.583. The van der Waals surface area contributed by atoms with Crippen LogP contribution in [0.4, 0.5) is 15.9 Å². The maximum atomic E-state index is 13.4. The number of hydrogen-bond acceptors (Lipinski definition) is 4. The number of aromatic nitrogens is 2. The summed E-state index contributed by atoms with van der Waals surface area (Å²) in [6.07, 6.45) is 1.34. The Labute approximate surface area is 108 Å². The van der Waals surface area contributed by atoms with E-state index in [0.29, 0.717) is 12.1 Å². The lowest BCUT2D eigenvalue weighted by molar-refractivity contribution is 0.619. The molecule has 0 aliphatic heterocycles. The van der Waals surface area contributed by atoms with Crippen LogP contribution in [-0.2, 0) is 6.42 Å². The standard InChI is InChI=1S/C12H8ClFN4/c13-12-16-7-10(14)11(18-12)17-9-3-1-8(2-4-9)5-6-15/h1-4,7H,5H2,(H,16,17,18). The summed E-state index contributed by atoms with van der Waals surface area (Å²) in [5.74, 6) is -0.566. The quantitative estimate of drug-likeness (QED) is 0.864. The molecule has 0 radical (unpaired) electrons. The molecule has 0 spiro atoms. The van der Waals surface area contributed by atoms with Crippen molar-refractivity contribution in [1.29, 1.82) is 5.26 Å². The topological polar surface area (TPSA) is 61.6 Å². The van der Waals surface area contributed by atoms with E-state index in [9.17, 15) is 4.39 Å². The molecule has 0 fully saturated rings. The number of nitrogens with zero attached hydrogens (tertiary/aromatic N) is 3. The monoisotopic (exact) mass is 262 g/mol. The smallest absolute Gasteiger partial charge is 0.224 e. The zero-order valence-electron chi connectivity index (χ0n) is 9.19. The molecule has 0 aliphatic rings. The molecule has 0 saturated heterocycles. The average Bonchev–Trinajstić information content (AvgIpc) is 2.37. The van der Waals surface area contributed by atoms with Gasteiger partial charge in [0.25, 0.3) is 0 Å². The summed E-state index contributed by atoms with van der Waals surface area (Å²) in [6.45, 7) is 0. The molecule has 0 amide bonds. The first-order chi connectivity index (χ1) is 8.69. The highest BCUT2D eigenvalue weighted by Gasteiger charge is 2.06. The second kappa shape index (κ2) is 5.43. The van der Waals surface area contributed by atoms with Crippen molar-refractivity contribution in [2.45, 2.75) is 6.42 Å². The average molecular weight is 263 g/mol. The van der Waals surface area contributed by atoms with Gasteiger partial charge in [-0.1, -0.05) is 12.1 Å². The van der Waals surface area contributed by atoms with E-state index in [1.807, 2.05) is 0 Å². The summed E-state index contributed by atoms with van der Waals surface area (Å²) in [5.41, 5.74) is 1.55. The van der Waals surface area contributed by atoms with Crippen LogP contribution in [0.15, 0.2) is 30.5 Å². The van der Waals surface area contributed by atoms with E-state index < -0.39 is 5.82 Å². The van der Waals surface area contributed by atoms with Crippen LogP contribution >= 0.6 is 11.6 Å². The molecule has 2 aromatic rings. The van der Waals surface area contributed by atoms with E-state index >= 15 is 0 Å². The Morgan fingerprint density at radius 1 is 1.33 bits per heavy atom. The van der Waals surface area contributed by atoms with Crippen LogP contribution in [-0.4, -0.2) is 9.97 Å². The third-order valence-corrected chi connectivity index (χ3v) is 2.40. The molecule has 1 aromatic carbocycles. The van der Waals surface area contributed by atoms with Crippen molar-refractivity contribution < 1.29 is 4.39 Å². The van der Waals surface area contributed by atoms with Crippen LogP contribution in [0.3, 0.4) is 0 Å². The van der Waals surface area contributed by atoms with Crippen molar-refractivity contribution in [3.63, 3.8) is 0 Å². The Morgan fingerprint density at radius 3 is 2.72 bits per heavy atom. The van der Waals surface area contributed by atoms with Crippen LogP contribution in [0, 0.1) is 17.1 Å². The number of benzene rings is 1. The fourth-order valence-electron chi connectivity index (χ4n) is 1.37. The van der Waals surface area contributed by atoms with E-state index in [1.165, 1.54) is 0 Å². The highest BCUT2D eigenvalue weighted by atomic mass is 35.5. The zero-order valence-corrected chi connectivity index (χ0v) is 9.95. The molecule has 0 saturated carbocycles. The van der Waals surface area contributed by atoms with Crippen molar-refractivity contribution in [1.82, 2.24) is 9.97 Å². The Balaban J connectivity index is 2.18. The van der Waals surface area contributed by atoms with Gasteiger partial charge in [0.1, 0.15) is 0 Å². The number of nitriles is 1. The first-order valence-electron chi connectivity index (χ1n) is 5.10. The van der Waals surface area contributed by atoms with Crippen molar-refractivity contribution in [3.05, 3.63) is 47.1 Å². The minimum Gasteiger partial charge on any atom is -0.338 e. The Morgan fingerprint density at radius 2 is 2.06 bits per heavy atom. The summed E-state index contributed by atoms with van der Waals surface area (Å²) >= 11 is 5.58. The Kier molecular flexibility index (Phi) is 3.70. The second-order valence-electron chi connectivity index (χ2n) is 3.49. The van der Waals surface area contributed by atoms with E-state index in [2.05, 4.69) is 21.4 Å². The van der Waals surface area contributed by atoms with Crippen LogP contribution in [0.2, 0.25) is 5.28 Å². The Hall–Kier alpha value is -2.19. The van der Waals surface area contributed by atoms with Gasteiger partial charge >= 0.3 is 0 Å². The number of rotatable bonds is 3. The lowest BCUT2D eigenvalue weighted by Gasteiger charge is -2.06. The predicted octanol–water partition coefficient (Wildman–Crippen LogP) is 3.08. The minimum absolute atomic E-state index is 0.0167. The summed E-state index contributed by atoms with van der Waals surface area (Å²) < 4.78 is 13.4. The molecule has 0 aliphatic carbocycles. The number of anilines is 2. The first-order valence-corrected chi connectivity index (χ1v) is 5.48. The number of halogens is 2. The maximum Gasteiger partial charge on any atom is 0.224 e. The van der Waals surface area contributed by atoms with Gasteiger partial charge in [-0.05, 0) is 29.3 Å². The van der Waals surface area contributed by atoms with Gasteiger partial charge in [-0.25, -0.2) is 9.37 Å². The summed E-state index contributed by atoms with van der Waals surface area (Å²) in [6, 6.07) is 9.10. The predicted molar refractivity (Wildman–Crippen MR) is 66.0 cm³/mol. The lowest BCUT2D eigenvalue weighted by atomic mass is 10.1. The molecule has 90 valence electrons. The van der Waals surface area contributed by atoms with Gasteiger partial charge in [0.2, 0.25) is 5.28 Å². The molecule has 4 nitrogen and oxygen atoms in total. The SMILES string of the molecule is N#CCc1ccc(Nc2nc(Cl)ncc2F)cc1. The van der Waals surface area contributed by atoms with Crippen molar-refractivity contribution in [2.75, 3.05) is 5.32 Å². The normalized spacial score (nSPS) is 9.83. The summed E-state index contributed by atoms with van der Waals surface area (Å²) in [5, 5.41) is 11.3. The van der Waals surface area contributed by atoms with Crippen molar-refractivity contribution >= 4 is 23.1 Å². The van der Waals surface area contributed by atoms with Crippen molar-refractivity contribution in [3.8, 4) is 6.07 Å². The van der Waals surface area contributed by atoms with Gasteiger partial charge < -0.3 is 5.32 Å². The molecule has 1 aromatic heterocycles. The summed E-state index contributed by atoms with van der Waals surface area (Å²) in [7, 11) is 0. The van der Waals surface area contributed by atoms with E-state index in [4.69, 9.17) is 16.9 Å². The van der Waals surface area contributed by atoms with Crippen LogP contribution < -0.4 is 5.32 Å².